The molecular weight excluding hydrogens is 288 g/mol. The monoisotopic (exact) mass is 304 g/mol. The Morgan fingerprint density at radius 2 is 2.15 bits per heavy atom. The van der Waals surface area contributed by atoms with Crippen molar-refractivity contribution >= 4 is 39.3 Å². The van der Waals surface area contributed by atoms with Crippen molar-refractivity contribution in [3.05, 3.63) is 40.0 Å². The van der Waals surface area contributed by atoms with Crippen LogP contribution >= 0.6 is 22.7 Å². The first-order valence-electron chi connectivity index (χ1n) is 6.79. The zero-order chi connectivity index (χ0) is 13.8. The summed E-state index contributed by atoms with van der Waals surface area (Å²) in [5.41, 5.74) is 0.794. The first-order valence-corrected chi connectivity index (χ1v) is 8.55. The highest BCUT2D eigenvalue weighted by molar-refractivity contribution is 7.14. The van der Waals surface area contributed by atoms with Crippen molar-refractivity contribution in [1.29, 1.82) is 0 Å². The molecule has 20 heavy (non-hydrogen) atoms. The van der Waals surface area contributed by atoms with Crippen LogP contribution in [-0.2, 0) is 4.79 Å². The molecule has 0 bridgehead atoms. The molecule has 2 heterocycles. The maximum atomic E-state index is 12.5. The number of hydrogen-bond donors (Lipinski definition) is 1. The van der Waals surface area contributed by atoms with E-state index >= 15 is 0 Å². The number of rotatable bonds is 4. The van der Waals surface area contributed by atoms with Crippen LogP contribution in [0.4, 0.5) is 5.13 Å². The average Bonchev–Trinajstić information content (AvgIpc) is 3.19. The third-order valence-electron chi connectivity index (χ3n) is 3.49. The van der Waals surface area contributed by atoms with Gasteiger partial charge in [0.05, 0.1) is 5.57 Å². The van der Waals surface area contributed by atoms with Gasteiger partial charge < -0.3 is 0 Å². The SMILES string of the molecule is O=C(Nc1nccs1)/C(=C/C1CCCC1)c1cccs1. The number of nitrogens with one attached hydrogen (secondary N) is 1. The van der Waals surface area contributed by atoms with E-state index in [9.17, 15) is 4.79 Å². The molecule has 2 aromatic heterocycles. The molecule has 2 aromatic rings. The molecule has 0 unspecified atom stereocenters. The van der Waals surface area contributed by atoms with Crippen molar-refractivity contribution in [1.82, 2.24) is 4.98 Å². The summed E-state index contributed by atoms with van der Waals surface area (Å²) in [7, 11) is 0. The van der Waals surface area contributed by atoms with E-state index in [0.29, 0.717) is 11.0 Å². The molecule has 0 spiro atoms. The Morgan fingerprint density at radius 1 is 1.30 bits per heavy atom. The van der Waals surface area contributed by atoms with Crippen LogP contribution in [0, 0.1) is 5.92 Å². The Bertz CT molecular complexity index is 581. The maximum Gasteiger partial charge on any atom is 0.258 e. The van der Waals surface area contributed by atoms with E-state index in [1.807, 2.05) is 22.9 Å². The molecule has 104 valence electrons. The average molecular weight is 304 g/mol. The Labute approximate surface area is 126 Å². The summed E-state index contributed by atoms with van der Waals surface area (Å²) in [5, 5.41) is 7.42. The molecule has 1 aliphatic carbocycles. The Kier molecular flexibility index (Phi) is 4.28. The van der Waals surface area contributed by atoms with Gasteiger partial charge in [-0.1, -0.05) is 25.0 Å². The molecule has 5 heteroatoms. The molecule has 3 rings (SSSR count). The molecule has 1 fully saturated rings. The van der Waals surface area contributed by atoms with E-state index in [1.54, 1.807) is 17.5 Å². The van der Waals surface area contributed by atoms with Gasteiger partial charge in [-0.05, 0) is 30.2 Å². The summed E-state index contributed by atoms with van der Waals surface area (Å²) in [5.74, 6) is 0.489. The van der Waals surface area contributed by atoms with Gasteiger partial charge in [-0.2, -0.15) is 0 Å². The predicted octanol–water partition coefficient (Wildman–Crippen LogP) is 4.42. The number of anilines is 1. The van der Waals surface area contributed by atoms with Crippen molar-refractivity contribution in [2.75, 3.05) is 5.32 Å². The molecule has 0 aliphatic heterocycles. The second kappa shape index (κ2) is 6.33. The number of thiophene rings is 1. The first kappa shape index (κ1) is 13.5. The molecule has 0 radical (unpaired) electrons. The highest BCUT2D eigenvalue weighted by Crippen LogP contribution is 2.31. The van der Waals surface area contributed by atoms with Crippen LogP contribution in [0.15, 0.2) is 35.2 Å². The van der Waals surface area contributed by atoms with E-state index in [4.69, 9.17) is 0 Å². The second-order valence-electron chi connectivity index (χ2n) is 4.89. The summed E-state index contributed by atoms with van der Waals surface area (Å²) < 4.78 is 0. The molecular formula is C15H16N2OS2. The number of allylic oxidation sites excluding steroid dienone is 1. The van der Waals surface area contributed by atoms with Crippen LogP contribution in [0.25, 0.3) is 5.57 Å². The number of thiazole rings is 1. The van der Waals surface area contributed by atoms with Crippen LogP contribution in [-0.4, -0.2) is 10.9 Å². The van der Waals surface area contributed by atoms with Crippen molar-refractivity contribution in [3.63, 3.8) is 0 Å². The van der Waals surface area contributed by atoms with Crippen molar-refractivity contribution in [2.24, 2.45) is 5.92 Å². The summed E-state index contributed by atoms with van der Waals surface area (Å²) in [6.45, 7) is 0. The van der Waals surface area contributed by atoms with Crippen LogP contribution in [0.3, 0.4) is 0 Å². The van der Waals surface area contributed by atoms with Gasteiger partial charge in [0, 0.05) is 16.5 Å². The highest BCUT2D eigenvalue weighted by atomic mass is 32.1. The van der Waals surface area contributed by atoms with Gasteiger partial charge in [-0.25, -0.2) is 4.98 Å². The number of aromatic nitrogens is 1. The van der Waals surface area contributed by atoms with Gasteiger partial charge in [0.15, 0.2) is 5.13 Å². The molecule has 0 aromatic carbocycles. The minimum absolute atomic E-state index is 0.0469. The molecule has 1 N–H and O–H groups in total. The maximum absolute atomic E-state index is 12.5. The fourth-order valence-electron chi connectivity index (χ4n) is 2.51. The summed E-state index contributed by atoms with van der Waals surface area (Å²) in [6, 6.07) is 3.99. The summed E-state index contributed by atoms with van der Waals surface area (Å²) in [4.78, 5) is 17.6. The largest absolute Gasteiger partial charge is 0.298 e. The number of amides is 1. The van der Waals surface area contributed by atoms with Crippen LogP contribution in [0.1, 0.15) is 30.6 Å². The number of carbonyl (C=O) groups excluding carboxylic acids is 1. The van der Waals surface area contributed by atoms with Crippen molar-refractivity contribution < 1.29 is 4.79 Å². The van der Waals surface area contributed by atoms with Gasteiger partial charge in [-0.3, -0.25) is 10.1 Å². The lowest BCUT2D eigenvalue weighted by Crippen LogP contribution is -2.13. The number of hydrogen-bond acceptors (Lipinski definition) is 4. The zero-order valence-corrected chi connectivity index (χ0v) is 12.7. The number of nitrogens with zero attached hydrogens (tertiary/aromatic N) is 1. The van der Waals surface area contributed by atoms with Gasteiger partial charge in [0.25, 0.3) is 5.91 Å². The molecule has 0 atom stereocenters. The lowest BCUT2D eigenvalue weighted by atomic mass is 10.0. The zero-order valence-electron chi connectivity index (χ0n) is 11.0. The van der Waals surface area contributed by atoms with Crippen molar-refractivity contribution in [2.45, 2.75) is 25.7 Å². The second-order valence-corrected chi connectivity index (χ2v) is 6.74. The van der Waals surface area contributed by atoms with Gasteiger partial charge in [0.2, 0.25) is 0 Å². The third kappa shape index (κ3) is 3.16. The van der Waals surface area contributed by atoms with E-state index in [1.165, 1.54) is 37.0 Å². The minimum atomic E-state index is -0.0469. The Balaban J connectivity index is 1.83. The molecule has 0 saturated heterocycles. The van der Waals surface area contributed by atoms with Gasteiger partial charge >= 0.3 is 0 Å². The van der Waals surface area contributed by atoms with Crippen molar-refractivity contribution in [3.8, 4) is 0 Å². The smallest absolute Gasteiger partial charge is 0.258 e. The molecule has 3 nitrogen and oxygen atoms in total. The molecule has 1 amide bonds. The quantitative estimate of drug-likeness (QED) is 0.850. The fraction of sp³-hybridized carbons (Fsp3) is 0.333. The van der Waals surface area contributed by atoms with Gasteiger partial charge in [0.1, 0.15) is 0 Å². The van der Waals surface area contributed by atoms with Crippen LogP contribution < -0.4 is 5.32 Å². The Morgan fingerprint density at radius 3 is 2.80 bits per heavy atom. The van der Waals surface area contributed by atoms with Crippen LogP contribution in [0.2, 0.25) is 0 Å². The van der Waals surface area contributed by atoms with Gasteiger partial charge in [-0.15, -0.1) is 22.7 Å². The van der Waals surface area contributed by atoms with E-state index in [-0.39, 0.29) is 5.91 Å². The van der Waals surface area contributed by atoms with Crippen LogP contribution in [0.5, 0.6) is 0 Å². The predicted molar refractivity (Wildman–Crippen MR) is 85.0 cm³/mol. The number of carbonyl (C=O) groups is 1. The van der Waals surface area contributed by atoms with E-state index in [2.05, 4.69) is 16.4 Å². The molecule has 1 aliphatic rings. The standard InChI is InChI=1S/C15H16N2OS2/c18-14(17-15-16-7-9-20-15)12(13-6-3-8-19-13)10-11-4-1-2-5-11/h3,6-11H,1-2,4-5H2,(H,16,17,18)/b12-10+. The lowest BCUT2D eigenvalue weighted by molar-refractivity contribution is -0.111. The first-order chi connectivity index (χ1) is 9.83. The molecule has 1 saturated carbocycles. The van der Waals surface area contributed by atoms with E-state index in [0.717, 1.165) is 10.5 Å². The summed E-state index contributed by atoms with van der Waals surface area (Å²) >= 11 is 3.05. The normalized spacial score (nSPS) is 16.5. The van der Waals surface area contributed by atoms with E-state index < -0.39 is 0 Å². The third-order valence-corrected chi connectivity index (χ3v) is 5.08. The fourth-order valence-corrected chi connectivity index (χ4v) is 3.78. The summed E-state index contributed by atoms with van der Waals surface area (Å²) in [6.07, 6.45) is 8.78. The topological polar surface area (TPSA) is 42.0 Å². The minimum Gasteiger partial charge on any atom is -0.298 e. The Hall–Kier alpha value is -1.46. The lowest BCUT2D eigenvalue weighted by Gasteiger charge is -2.08. The highest BCUT2D eigenvalue weighted by Gasteiger charge is 2.19.